The molecule has 107 heavy (non-hydrogen) atoms. The van der Waals surface area contributed by atoms with Crippen molar-refractivity contribution in [3.8, 4) is 56.8 Å². The fourth-order valence-electron chi connectivity index (χ4n) is 13.6. The highest BCUT2D eigenvalue weighted by atomic mass is 19.1. The smallest absolute Gasteiger partial charge is 0.225 e. The molecule has 0 unspecified atom stereocenters. The zero-order valence-electron chi connectivity index (χ0n) is 62.5. The number of hydrogen-bond donors (Lipinski definition) is 10. The summed E-state index contributed by atoms with van der Waals surface area (Å²) in [6.45, 7) is 19.6. The molecule has 0 saturated heterocycles. The van der Waals surface area contributed by atoms with Gasteiger partial charge in [-0.25, -0.2) is 49.2 Å². The second-order valence-corrected chi connectivity index (χ2v) is 29.1. The van der Waals surface area contributed by atoms with Crippen LogP contribution in [0.1, 0.15) is 127 Å². The van der Waals surface area contributed by atoms with Gasteiger partial charge in [-0.2, -0.15) is 4.98 Å². The van der Waals surface area contributed by atoms with Crippen LogP contribution >= 0.6 is 0 Å². The monoisotopic (exact) mass is 1430 g/mol. The van der Waals surface area contributed by atoms with E-state index in [0.717, 1.165) is 164 Å². The number of hydrogen-bond acceptors (Lipinski definition) is 15. The number of aromatic nitrogens is 15. The largest absolute Gasteiger partial charge is 0.369 e. The number of fused-ring (bicyclic) bond motifs is 5. The lowest BCUT2D eigenvalue weighted by molar-refractivity contribution is 0.462. The van der Waals surface area contributed by atoms with Gasteiger partial charge in [-0.1, -0.05) is 167 Å². The van der Waals surface area contributed by atoms with Crippen LogP contribution in [0, 0.1) is 46.4 Å². The van der Waals surface area contributed by atoms with Crippen LogP contribution in [-0.4, -0.2) is 105 Å². The molecule has 0 spiro atoms. The highest BCUT2D eigenvalue weighted by Crippen LogP contribution is 2.35. The second kappa shape index (κ2) is 33.1. The molecule has 3 saturated carbocycles. The molecule has 546 valence electrons. The van der Waals surface area contributed by atoms with Crippen molar-refractivity contribution in [2.45, 2.75) is 157 Å². The Morgan fingerprint density at radius 3 is 1.03 bits per heavy atom. The number of benzene rings is 5. The maximum atomic E-state index is 13.1. The minimum Gasteiger partial charge on any atom is -0.369 e. The number of nitrogens with zero attached hydrogens (tertiary/aromatic N) is 10. The quantitative estimate of drug-likeness (QED) is 0.0431. The summed E-state index contributed by atoms with van der Waals surface area (Å²) < 4.78 is 13.1. The summed E-state index contributed by atoms with van der Waals surface area (Å²) >= 11 is 0. The first-order chi connectivity index (χ1) is 52.0. The molecule has 3 aliphatic carbocycles. The van der Waals surface area contributed by atoms with Gasteiger partial charge in [0.05, 0.1) is 27.2 Å². The average molecular weight is 1430 g/mol. The highest BCUT2D eigenvalue weighted by molar-refractivity contribution is 5.94. The number of halogens is 1. The Bertz CT molecular complexity index is 5440. The Balaban J connectivity index is 0.000000112. The first-order valence-electron chi connectivity index (χ1n) is 37.7. The van der Waals surface area contributed by atoms with Crippen LogP contribution < -0.4 is 26.6 Å². The van der Waals surface area contributed by atoms with Crippen molar-refractivity contribution in [1.82, 2.24) is 74.8 Å². The highest BCUT2D eigenvalue weighted by Gasteiger charge is 2.25. The summed E-state index contributed by atoms with van der Waals surface area (Å²) in [6.07, 6.45) is 13.9. The van der Waals surface area contributed by atoms with Crippen molar-refractivity contribution >= 4 is 84.4 Å². The summed E-state index contributed by atoms with van der Waals surface area (Å²) in [5.74, 6) is 7.54. The van der Waals surface area contributed by atoms with Gasteiger partial charge in [-0.3, -0.25) is 0 Å². The molecule has 10 N–H and O–H groups in total. The third-order valence-electron chi connectivity index (χ3n) is 19.0. The van der Waals surface area contributed by atoms with E-state index in [4.69, 9.17) is 24.9 Å². The van der Waals surface area contributed by atoms with Crippen molar-refractivity contribution in [3.05, 3.63) is 210 Å². The first kappa shape index (κ1) is 72.1. The molecule has 10 aromatic heterocycles. The maximum absolute atomic E-state index is 13.1. The van der Waals surface area contributed by atoms with E-state index in [0.29, 0.717) is 41.9 Å². The SMILES string of the molecule is Cc1cc2c(-c3ccccc3)nc(NC(C)C)nc2[nH]1.Cc1cc2c(NC3CC3)nc(-c3ccc(F)cc3)nc2[nH]1.Cc1cc2c(NC3CCCC3)nc(-c3ccccc3)nc2[nH]1.Cc1cc2c(NC3CCCCC3)nc(-c3ccccc3)nc2[nH]1.Cc1cc2c(NCC(C)C)nc(-c3ccccc3)nc2[nH]1. The zero-order valence-corrected chi connectivity index (χ0v) is 62.5. The van der Waals surface area contributed by atoms with Gasteiger partial charge in [0.2, 0.25) is 5.95 Å². The standard InChI is InChI=1S/C19H22N4.C18H20N4.C17H20N4.C16H15FN4.C16H18N4/c1-13-12-16-18(20-13)22-17(14-8-4-2-5-9-14)23-19(16)21-15-10-6-3-7-11-15;1-12-11-15-17(19-12)21-16(13-7-3-2-4-8-13)22-18(15)20-14-9-5-6-10-14;1-11(2)10-18-16-14-9-12(3)19-17(14)21-15(20-16)13-7-5-4-6-8-13;1-9-8-13-15(18-9)20-14(10-2-4-11(17)5-3-10)21-16(13)19-12-6-7-12;1-10(2)17-16-19-14(12-7-5-4-6-8-12)13-9-11(3)18-15(13)20-16/h2,4-5,8-9,12,15H,3,6-7,10-11H2,1H3,(H2,20,21,22,23);2-4,7-8,11,14H,5-6,9-10H2,1H3,(H2,19,20,21,22);4-9,11H,10H2,1-3H3,(H2,18,19,20,21);2-5,8,12H,6-7H2,1H3,(H2,18,19,20,21);4-10H,1-3H3,(H2,17,18,19,20). The van der Waals surface area contributed by atoms with Gasteiger partial charge in [0.1, 0.15) is 57.3 Å². The maximum Gasteiger partial charge on any atom is 0.225 e. The van der Waals surface area contributed by atoms with E-state index in [1.165, 1.54) is 82.8 Å². The third-order valence-corrected chi connectivity index (χ3v) is 19.0. The van der Waals surface area contributed by atoms with Crippen molar-refractivity contribution in [2.24, 2.45) is 5.92 Å². The van der Waals surface area contributed by atoms with Crippen LogP contribution in [0.2, 0.25) is 0 Å². The predicted octanol–water partition coefficient (Wildman–Crippen LogP) is 20.4. The fourth-order valence-corrected chi connectivity index (χ4v) is 13.6. The number of H-pyrrole nitrogens is 5. The molecule has 18 rings (SSSR count). The van der Waals surface area contributed by atoms with E-state index in [-0.39, 0.29) is 5.82 Å². The van der Waals surface area contributed by atoms with E-state index in [1.54, 1.807) is 12.1 Å². The molecule has 3 fully saturated rings. The van der Waals surface area contributed by atoms with Gasteiger partial charge in [-0.05, 0) is 148 Å². The molecule has 0 aliphatic heterocycles. The zero-order chi connectivity index (χ0) is 73.9. The van der Waals surface area contributed by atoms with E-state index < -0.39 is 0 Å². The Hall–Kier alpha value is -11.9. The van der Waals surface area contributed by atoms with Gasteiger partial charge in [0.25, 0.3) is 0 Å². The van der Waals surface area contributed by atoms with E-state index >= 15 is 0 Å². The molecule has 3 aliphatic rings. The lowest BCUT2D eigenvalue weighted by Crippen LogP contribution is -2.23. The van der Waals surface area contributed by atoms with E-state index in [9.17, 15) is 4.39 Å². The lowest BCUT2D eigenvalue weighted by Gasteiger charge is -2.23. The number of nitrogens with one attached hydrogen (secondary N) is 10. The van der Waals surface area contributed by atoms with Crippen LogP contribution in [0.25, 0.3) is 112 Å². The first-order valence-corrected chi connectivity index (χ1v) is 37.7. The molecule has 0 bridgehead atoms. The molecule has 0 radical (unpaired) electrons. The van der Waals surface area contributed by atoms with Crippen LogP contribution in [0.4, 0.5) is 33.6 Å². The van der Waals surface area contributed by atoms with Gasteiger partial charge < -0.3 is 51.5 Å². The van der Waals surface area contributed by atoms with Crippen LogP contribution in [0.3, 0.4) is 0 Å². The average Bonchev–Trinajstić information content (AvgIpc) is 1.75. The number of aromatic amines is 5. The number of anilines is 5. The molecule has 21 heteroatoms. The Morgan fingerprint density at radius 2 is 0.664 bits per heavy atom. The minimum atomic E-state index is -0.258. The van der Waals surface area contributed by atoms with E-state index in [2.05, 4.69) is 185 Å². The molecule has 10 heterocycles. The molecular weight excluding hydrogens is 1330 g/mol. The Morgan fingerprint density at radius 1 is 0.346 bits per heavy atom. The predicted molar refractivity (Wildman–Crippen MR) is 435 cm³/mol. The lowest BCUT2D eigenvalue weighted by atomic mass is 9.95. The Labute approximate surface area is 623 Å². The minimum absolute atomic E-state index is 0.258. The second-order valence-electron chi connectivity index (χ2n) is 29.1. The van der Waals surface area contributed by atoms with Crippen LogP contribution in [0.15, 0.2) is 176 Å². The summed E-state index contributed by atoms with van der Waals surface area (Å²) in [5.41, 5.74) is 15.9. The van der Waals surface area contributed by atoms with Gasteiger partial charge in [0.15, 0.2) is 23.3 Å². The van der Waals surface area contributed by atoms with Gasteiger partial charge in [0, 0.05) is 92.4 Å². The third kappa shape index (κ3) is 18.3. The molecule has 0 amide bonds. The summed E-state index contributed by atoms with van der Waals surface area (Å²) in [6, 6.07) is 59.2. The van der Waals surface area contributed by atoms with Gasteiger partial charge in [-0.15, -0.1) is 0 Å². The van der Waals surface area contributed by atoms with Crippen molar-refractivity contribution in [3.63, 3.8) is 0 Å². The molecule has 5 aromatic carbocycles. The number of rotatable bonds is 16. The summed E-state index contributed by atoms with van der Waals surface area (Å²) in [5, 5.41) is 22.8. The van der Waals surface area contributed by atoms with Crippen molar-refractivity contribution < 1.29 is 4.39 Å². The molecule has 20 nitrogen and oxygen atoms in total. The van der Waals surface area contributed by atoms with Crippen molar-refractivity contribution in [1.29, 1.82) is 0 Å². The summed E-state index contributed by atoms with van der Waals surface area (Å²) in [7, 11) is 0. The van der Waals surface area contributed by atoms with Gasteiger partial charge >= 0.3 is 0 Å². The molecule has 15 aromatic rings. The fraction of sp³-hybridized carbons (Fsp3) is 0.302. The number of aryl methyl sites for hydroxylation is 5. The molecular formula is C86H95FN20. The topological polar surface area (TPSA) is 268 Å². The van der Waals surface area contributed by atoms with Crippen molar-refractivity contribution in [2.75, 3.05) is 33.1 Å². The normalized spacial score (nSPS) is 13.8. The molecule has 0 atom stereocenters. The van der Waals surface area contributed by atoms with Crippen LogP contribution in [-0.2, 0) is 0 Å². The van der Waals surface area contributed by atoms with Crippen LogP contribution in [0.5, 0.6) is 0 Å². The Kier molecular flexibility index (Phi) is 22.3. The van der Waals surface area contributed by atoms with E-state index in [1.807, 2.05) is 106 Å². The summed E-state index contributed by atoms with van der Waals surface area (Å²) in [4.78, 5) is 63.4.